The van der Waals surface area contributed by atoms with Gasteiger partial charge in [-0.2, -0.15) is 0 Å². The van der Waals surface area contributed by atoms with Crippen LogP contribution in [0.15, 0.2) is 48.5 Å². The van der Waals surface area contributed by atoms with Gasteiger partial charge in [0.05, 0.1) is 0 Å². The van der Waals surface area contributed by atoms with Gasteiger partial charge in [0.25, 0.3) is 0 Å². The number of benzene rings is 1. The number of pyridine rings is 1. The highest BCUT2D eigenvalue weighted by molar-refractivity contribution is 5.98. The van der Waals surface area contributed by atoms with Crippen LogP contribution in [-0.2, 0) is 13.0 Å². The molecule has 0 N–H and O–H groups in total. The summed E-state index contributed by atoms with van der Waals surface area (Å²) in [6.07, 6.45) is 0.864. The van der Waals surface area contributed by atoms with Crippen LogP contribution in [0.5, 0.6) is 5.75 Å². The normalized spacial score (nSPS) is 10.7. The monoisotopic (exact) mass is 393 g/mol. The molecule has 29 heavy (non-hydrogen) atoms. The lowest BCUT2D eigenvalue weighted by atomic mass is 10.1. The Bertz CT molecular complexity index is 1040. The van der Waals surface area contributed by atoms with Crippen molar-refractivity contribution >= 4 is 11.6 Å². The van der Waals surface area contributed by atoms with Crippen molar-refractivity contribution in [2.24, 2.45) is 0 Å². The number of aromatic nitrogens is 2. The van der Waals surface area contributed by atoms with Gasteiger partial charge in [-0.05, 0) is 53.9 Å². The summed E-state index contributed by atoms with van der Waals surface area (Å²) in [6.45, 7) is 6.01. The second-order valence-electron chi connectivity index (χ2n) is 6.92. The predicted molar refractivity (Wildman–Crippen MR) is 110 cm³/mol. The Hall–Kier alpha value is -3.48. The SMILES string of the molecule is Cc1ccc(OCC(=O)c2cc(C)n(CCc3ccccc3)c2C)c([N+](=O)[O-])n1. The molecule has 0 aliphatic carbocycles. The Morgan fingerprint density at radius 2 is 1.86 bits per heavy atom. The Labute approximate surface area is 169 Å². The van der Waals surface area contributed by atoms with Crippen LogP contribution in [0.1, 0.15) is 33.0 Å². The summed E-state index contributed by atoms with van der Waals surface area (Å²) < 4.78 is 7.55. The molecule has 3 rings (SSSR count). The average molecular weight is 393 g/mol. The average Bonchev–Trinajstić information content (AvgIpc) is 2.99. The molecule has 0 unspecified atom stereocenters. The fourth-order valence-electron chi connectivity index (χ4n) is 3.31. The molecule has 2 aromatic heterocycles. The highest BCUT2D eigenvalue weighted by atomic mass is 16.6. The quantitative estimate of drug-likeness (QED) is 0.325. The van der Waals surface area contributed by atoms with Gasteiger partial charge in [0.15, 0.2) is 6.61 Å². The number of aryl methyl sites for hydroxylation is 3. The summed E-state index contributed by atoms with van der Waals surface area (Å²) in [5.74, 6) is -0.614. The third-order valence-corrected chi connectivity index (χ3v) is 4.85. The minimum atomic E-state index is -0.609. The summed E-state index contributed by atoms with van der Waals surface area (Å²) in [6, 6.07) is 15.1. The first kappa shape index (κ1) is 20.3. The van der Waals surface area contributed by atoms with Crippen LogP contribution >= 0.6 is 0 Å². The van der Waals surface area contributed by atoms with E-state index in [-0.39, 0.29) is 24.0 Å². The molecule has 7 heteroatoms. The number of nitro groups is 1. The molecule has 7 nitrogen and oxygen atoms in total. The maximum absolute atomic E-state index is 12.7. The number of carbonyl (C=O) groups excluding carboxylic acids is 1. The van der Waals surface area contributed by atoms with Crippen LogP contribution in [-0.4, -0.2) is 26.9 Å². The Morgan fingerprint density at radius 3 is 2.55 bits per heavy atom. The minimum absolute atomic E-state index is 0.00756. The highest BCUT2D eigenvalue weighted by Crippen LogP contribution is 2.25. The van der Waals surface area contributed by atoms with Gasteiger partial charge in [-0.15, -0.1) is 0 Å². The second-order valence-corrected chi connectivity index (χ2v) is 6.92. The Kier molecular flexibility index (Phi) is 6.07. The topological polar surface area (TPSA) is 87.3 Å². The van der Waals surface area contributed by atoms with Crippen molar-refractivity contribution in [2.75, 3.05) is 6.61 Å². The van der Waals surface area contributed by atoms with Gasteiger partial charge in [0.2, 0.25) is 11.5 Å². The fraction of sp³-hybridized carbons (Fsp3) is 0.273. The van der Waals surface area contributed by atoms with E-state index in [1.165, 1.54) is 11.6 Å². The molecule has 2 heterocycles. The van der Waals surface area contributed by atoms with Crippen molar-refractivity contribution in [1.29, 1.82) is 0 Å². The van der Waals surface area contributed by atoms with Gasteiger partial charge in [0, 0.05) is 30.4 Å². The van der Waals surface area contributed by atoms with E-state index in [1.807, 2.05) is 38.1 Å². The van der Waals surface area contributed by atoms with Crippen LogP contribution in [0.4, 0.5) is 5.82 Å². The molecule has 0 amide bonds. The third-order valence-electron chi connectivity index (χ3n) is 4.85. The molecule has 0 radical (unpaired) electrons. The molecule has 0 spiro atoms. The number of carbonyl (C=O) groups is 1. The number of hydrogen-bond donors (Lipinski definition) is 0. The predicted octanol–water partition coefficient (Wildman–Crippen LogP) is 4.22. The van der Waals surface area contributed by atoms with E-state index in [0.717, 1.165) is 24.4 Å². The summed E-state index contributed by atoms with van der Waals surface area (Å²) >= 11 is 0. The van der Waals surface area contributed by atoms with Crippen LogP contribution < -0.4 is 4.74 Å². The molecule has 0 bridgehead atoms. The van der Waals surface area contributed by atoms with E-state index in [2.05, 4.69) is 21.7 Å². The zero-order chi connectivity index (χ0) is 21.0. The van der Waals surface area contributed by atoms with Crippen molar-refractivity contribution in [3.05, 3.63) is 86.9 Å². The molecule has 0 saturated carbocycles. The largest absolute Gasteiger partial charge is 0.477 e. The molecule has 0 saturated heterocycles. The van der Waals surface area contributed by atoms with E-state index >= 15 is 0 Å². The lowest BCUT2D eigenvalue weighted by Crippen LogP contribution is -2.14. The van der Waals surface area contributed by atoms with E-state index in [4.69, 9.17) is 4.74 Å². The number of hydrogen-bond acceptors (Lipinski definition) is 5. The second kappa shape index (κ2) is 8.68. The summed E-state index contributed by atoms with van der Waals surface area (Å²) in [7, 11) is 0. The Morgan fingerprint density at radius 1 is 1.14 bits per heavy atom. The van der Waals surface area contributed by atoms with Gasteiger partial charge in [-0.3, -0.25) is 4.79 Å². The molecular formula is C22H23N3O4. The lowest BCUT2D eigenvalue weighted by Gasteiger charge is -2.10. The number of ketones is 1. The Balaban J connectivity index is 1.71. The van der Waals surface area contributed by atoms with Crippen molar-refractivity contribution < 1.29 is 14.5 Å². The highest BCUT2D eigenvalue weighted by Gasteiger charge is 2.21. The summed E-state index contributed by atoms with van der Waals surface area (Å²) in [4.78, 5) is 27.1. The van der Waals surface area contributed by atoms with Crippen LogP contribution in [0, 0.1) is 30.9 Å². The van der Waals surface area contributed by atoms with E-state index in [0.29, 0.717) is 11.3 Å². The maximum atomic E-state index is 12.7. The first-order chi connectivity index (χ1) is 13.9. The molecule has 0 aliphatic heterocycles. The van der Waals surface area contributed by atoms with Gasteiger partial charge in [-0.1, -0.05) is 30.3 Å². The van der Waals surface area contributed by atoms with Gasteiger partial charge < -0.3 is 19.4 Å². The minimum Gasteiger partial charge on any atom is -0.477 e. The van der Waals surface area contributed by atoms with Crippen molar-refractivity contribution in [1.82, 2.24) is 9.55 Å². The van der Waals surface area contributed by atoms with Crippen molar-refractivity contribution in [2.45, 2.75) is 33.7 Å². The lowest BCUT2D eigenvalue weighted by molar-refractivity contribution is -0.390. The first-order valence-electron chi connectivity index (χ1n) is 9.35. The van der Waals surface area contributed by atoms with Gasteiger partial charge in [0.1, 0.15) is 5.69 Å². The van der Waals surface area contributed by atoms with Gasteiger partial charge >= 0.3 is 5.82 Å². The first-order valence-corrected chi connectivity index (χ1v) is 9.35. The number of ether oxygens (including phenoxy) is 1. The third kappa shape index (κ3) is 4.68. The number of Topliss-reactive ketones (excluding diaryl/α,β-unsaturated/α-hetero) is 1. The van der Waals surface area contributed by atoms with E-state index < -0.39 is 4.92 Å². The smallest absolute Gasteiger partial charge is 0.406 e. The molecule has 1 aromatic carbocycles. The molecular weight excluding hydrogens is 370 g/mol. The van der Waals surface area contributed by atoms with Crippen LogP contribution in [0.25, 0.3) is 0 Å². The molecule has 3 aromatic rings. The van der Waals surface area contributed by atoms with E-state index in [1.54, 1.807) is 13.0 Å². The van der Waals surface area contributed by atoms with Gasteiger partial charge in [-0.25, -0.2) is 0 Å². The zero-order valence-corrected chi connectivity index (χ0v) is 16.7. The number of rotatable bonds is 8. The van der Waals surface area contributed by atoms with Crippen LogP contribution in [0.2, 0.25) is 0 Å². The molecule has 150 valence electrons. The summed E-state index contributed by atoms with van der Waals surface area (Å²) in [5, 5.41) is 11.2. The zero-order valence-electron chi connectivity index (χ0n) is 16.7. The summed E-state index contributed by atoms with van der Waals surface area (Å²) in [5.41, 5.74) is 4.17. The molecule has 0 aliphatic rings. The number of nitrogens with zero attached hydrogens (tertiary/aromatic N) is 3. The van der Waals surface area contributed by atoms with E-state index in [9.17, 15) is 14.9 Å². The molecule has 0 fully saturated rings. The maximum Gasteiger partial charge on any atom is 0.406 e. The van der Waals surface area contributed by atoms with Crippen LogP contribution in [0.3, 0.4) is 0 Å². The standard InChI is InChI=1S/C22H23N3O4/c1-15-9-10-21(22(23-15)25(27)28)29-14-20(26)19-13-16(2)24(17(19)3)12-11-18-7-5-4-6-8-18/h4-10,13H,11-12,14H2,1-3H3. The fourth-order valence-corrected chi connectivity index (χ4v) is 3.31. The van der Waals surface area contributed by atoms with Crippen molar-refractivity contribution in [3.63, 3.8) is 0 Å². The molecule has 0 atom stereocenters. The van der Waals surface area contributed by atoms with Crippen molar-refractivity contribution in [3.8, 4) is 5.75 Å².